The first kappa shape index (κ1) is 9.31. The van der Waals surface area contributed by atoms with Crippen LogP contribution in [0.2, 0.25) is 0 Å². The van der Waals surface area contributed by atoms with Crippen LogP contribution in [0.5, 0.6) is 0 Å². The molecule has 1 aromatic rings. The maximum atomic E-state index is 12.6. The van der Waals surface area contributed by atoms with Gasteiger partial charge in [0.15, 0.2) is 0 Å². The van der Waals surface area contributed by atoms with Gasteiger partial charge in [-0.1, -0.05) is 6.07 Å². The monoisotopic (exact) mass is 183 g/mol. The van der Waals surface area contributed by atoms with E-state index in [9.17, 15) is 9.18 Å². The summed E-state index contributed by atoms with van der Waals surface area (Å²) in [5.41, 5.74) is 5.33. The van der Waals surface area contributed by atoms with E-state index >= 15 is 0 Å². The molecule has 2 amide bonds. The largest absolute Gasteiger partial charge is 0.340 e. The van der Waals surface area contributed by atoms with E-state index in [1.807, 2.05) is 0 Å². The van der Waals surface area contributed by atoms with Crippen LogP contribution in [0, 0.1) is 5.82 Å². The Morgan fingerprint density at radius 1 is 1.46 bits per heavy atom. The van der Waals surface area contributed by atoms with E-state index in [-0.39, 0.29) is 11.8 Å². The Hall–Kier alpha value is -1.78. The summed E-state index contributed by atoms with van der Waals surface area (Å²) in [6.07, 6.45) is 0. The van der Waals surface area contributed by atoms with Crippen LogP contribution in [-0.2, 0) is 0 Å². The number of urea groups is 1. The minimum absolute atomic E-state index is 0.358. The molecule has 3 N–H and O–H groups in total. The summed E-state index contributed by atoms with van der Waals surface area (Å²) < 4.78 is 12.6. The lowest BCUT2D eigenvalue weighted by atomic mass is 10.3. The highest BCUT2D eigenvalue weighted by atomic mass is 19.1. The van der Waals surface area contributed by atoms with Gasteiger partial charge in [0.25, 0.3) is 0 Å². The van der Waals surface area contributed by atoms with Gasteiger partial charge in [-0.05, 0) is 18.2 Å². The molecule has 0 aliphatic carbocycles. The Labute approximate surface area is 75.1 Å². The topological polar surface area (TPSA) is 53.2 Å². The van der Waals surface area contributed by atoms with Crippen LogP contribution in [0.3, 0.4) is 0 Å². The number of hydrogen-bond acceptors (Lipinski definition) is 2. The van der Waals surface area contributed by atoms with Crippen molar-refractivity contribution in [3.05, 3.63) is 30.1 Å². The zero-order valence-electron chi connectivity index (χ0n) is 7.10. The molecule has 0 aromatic heterocycles. The number of carbonyl (C=O) groups excluding carboxylic acids is 1. The van der Waals surface area contributed by atoms with E-state index in [1.54, 1.807) is 12.1 Å². The smallest absolute Gasteiger partial charge is 0.333 e. The van der Waals surface area contributed by atoms with Gasteiger partial charge in [-0.25, -0.2) is 9.18 Å². The fraction of sp³-hybridized carbons (Fsp3) is 0.125. The summed E-state index contributed by atoms with van der Waals surface area (Å²) >= 11 is 0. The molecule has 0 radical (unpaired) electrons. The highest BCUT2D eigenvalue weighted by Gasteiger charge is 1.95. The number of anilines is 1. The van der Waals surface area contributed by atoms with Crippen LogP contribution in [0.4, 0.5) is 14.9 Å². The Balaban J connectivity index is 2.50. The molecular weight excluding hydrogens is 173 g/mol. The molecule has 0 bridgehead atoms. The molecule has 0 fully saturated rings. The van der Waals surface area contributed by atoms with Crippen molar-refractivity contribution in [1.29, 1.82) is 0 Å². The quantitative estimate of drug-likeness (QED) is 0.601. The van der Waals surface area contributed by atoms with Crippen molar-refractivity contribution in [2.24, 2.45) is 0 Å². The third-order valence-corrected chi connectivity index (χ3v) is 1.37. The number of rotatable bonds is 2. The van der Waals surface area contributed by atoms with Gasteiger partial charge < -0.3 is 5.32 Å². The standard InChI is InChI=1S/C8H10FN3O/c1-10-8(13)12-11-7-4-2-3-6(9)5-7/h2-5,11H,1H3,(H2,10,12,13). The third kappa shape index (κ3) is 2.98. The SMILES string of the molecule is CNC(=O)NNc1cccc(F)c1. The fourth-order valence-electron chi connectivity index (χ4n) is 0.758. The number of halogens is 1. The normalized spacial score (nSPS) is 9.08. The van der Waals surface area contributed by atoms with Gasteiger partial charge in [0.2, 0.25) is 0 Å². The minimum Gasteiger partial charge on any atom is -0.340 e. The van der Waals surface area contributed by atoms with Gasteiger partial charge in [-0.2, -0.15) is 0 Å². The van der Waals surface area contributed by atoms with Crippen LogP contribution in [0.1, 0.15) is 0 Å². The third-order valence-electron chi connectivity index (χ3n) is 1.37. The zero-order valence-corrected chi connectivity index (χ0v) is 7.10. The molecule has 1 aromatic carbocycles. The van der Waals surface area contributed by atoms with E-state index in [0.29, 0.717) is 5.69 Å². The minimum atomic E-state index is -0.385. The molecule has 4 nitrogen and oxygen atoms in total. The number of nitrogens with one attached hydrogen (secondary N) is 3. The van der Waals surface area contributed by atoms with Crippen molar-refractivity contribution in [2.45, 2.75) is 0 Å². The lowest BCUT2D eigenvalue weighted by Gasteiger charge is -2.06. The lowest BCUT2D eigenvalue weighted by molar-refractivity contribution is 0.245. The Kier molecular flexibility index (Phi) is 3.08. The van der Waals surface area contributed by atoms with Gasteiger partial charge in [0, 0.05) is 7.05 Å². The summed E-state index contributed by atoms with van der Waals surface area (Å²) in [6.45, 7) is 0. The molecule has 0 atom stereocenters. The summed E-state index contributed by atoms with van der Waals surface area (Å²) in [5, 5.41) is 2.34. The zero-order chi connectivity index (χ0) is 9.68. The summed E-state index contributed by atoms with van der Waals surface area (Å²) in [5.74, 6) is -0.358. The number of carbonyl (C=O) groups is 1. The molecule has 1 rings (SSSR count). The highest BCUT2D eigenvalue weighted by Crippen LogP contribution is 2.06. The Bertz CT molecular complexity index is 303. The lowest BCUT2D eigenvalue weighted by Crippen LogP contribution is -2.36. The van der Waals surface area contributed by atoms with Gasteiger partial charge in [-0.3, -0.25) is 10.9 Å². The average Bonchev–Trinajstić information content (AvgIpc) is 2.14. The van der Waals surface area contributed by atoms with E-state index in [4.69, 9.17) is 0 Å². The molecule has 0 aliphatic heterocycles. The second-order valence-electron chi connectivity index (χ2n) is 2.34. The molecule has 0 aliphatic rings. The van der Waals surface area contributed by atoms with Crippen LogP contribution < -0.4 is 16.2 Å². The van der Waals surface area contributed by atoms with Crippen LogP contribution in [-0.4, -0.2) is 13.1 Å². The fourth-order valence-corrected chi connectivity index (χ4v) is 0.758. The first-order chi connectivity index (χ1) is 6.22. The van der Waals surface area contributed by atoms with Crippen molar-refractivity contribution in [2.75, 3.05) is 12.5 Å². The second-order valence-corrected chi connectivity index (χ2v) is 2.34. The summed E-state index contributed by atoms with van der Waals surface area (Å²) in [6, 6.07) is 5.40. The molecule has 0 saturated heterocycles. The van der Waals surface area contributed by atoms with Crippen molar-refractivity contribution < 1.29 is 9.18 Å². The van der Waals surface area contributed by atoms with E-state index in [1.165, 1.54) is 19.2 Å². The van der Waals surface area contributed by atoms with Crippen LogP contribution in [0.15, 0.2) is 24.3 Å². The maximum absolute atomic E-state index is 12.6. The molecular formula is C8H10FN3O. The number of benzene rings is 1. The average molecular weight is 183 g/mol. The van der Waals surface area contributed by atoms with E-state index in [2.05, 4.69) is 16.2 Å². The number of hydrogen-bond donors (Lipinski definition) is 3. The molecule has 5 heteroatoms. The van der Waals surface area contributed by atoms with E-state index in [0.717, 1.165) is 0 Å². The first-order valence-corrected chi connectivity index (χ1v) is 3.71. The van der Waals surface area contributed by atoms with Gasteiger partial charge >= 0.3 is 6.03 Å². The van der Waals surface area contributed by atoms with Crippen molar-refractivity contribution in [3.8, 4) is 0 Å². The van der Waals surface area contributed by atoms with Crippen molar-refractivity contribution >= 4 is 11.7 Å². The molecule has 13 heavy (non-hydrogen) atoms. The van der Waals surface area contributed by atoms with Crippen LogP contribution >= 0.6 is 0 Å². The highest BCUT2D eigenvalue weighted by molar-refractivity contribution is 5.75. The summed E-state index contributed by atoms with van der Waals surface area (Å²) in [4.78, 5) is 10.7. The number of hydrazine groups is 1. The molecule has 0 spiro atoms. The molecule has 0 saturated carbocycles. The van der Waals surface area contributed by atoms with Gasteiger partial charge in [-0.15, -0.1) is 0 Å². The number of amides is 2. The predicted molar refractivity (Wildman–Crippen MR) is 47.6 cm³/mol. The molecule has 70 valence electrons. The first-order valence-electron chi connectivity index (χ1n) is 3.71. The van der Waals surface area contributed by atoms with Crippen molar-refractivity contribution in [1.82, 2.24) is 10.7 Å². The van der Waals surface area contributed by atoms with Gasteiger partial charge in [0.05, 0.1) is 5.69 Å². The Morgan fingerprint density at radius 3 is 2.85 bits per heavy atom. The second kappa shape index (κ2) is 4.30. The predicted octanol–water partition coefficient (Wildman–Crippen LogP) is 1.08. The Morgan fingerprint density at radius 2 is 2.23 bits per heavy atom. The van der Waals surface area contributed by atoms with Gasteiger partial charge in [0.1, 0.15) is 5.82 Å². The maximum Gasteiger partial charge on any atom is 0.333 e. The molecule has 0 unspecified atom stereocenters. The molecule has 0 heterocycles. The van der Waals surface area contributed by atoms with Crippen LogP contribution in [0.25, 0.3) is 0 Å². The van der Waals surface area contributed by atoms with Crippen molar-refractivity contribution in [3.63, 3.8) is 0 Å². The summed E-state index contributed by atoms with van der Waals surface area (Å²) in [7, 11) is 1.49. The van der Waals surface area contributed by atoms with E-state index < -0.39 is 0 Å².